The van der Waals surface area contributed by atoms with Crippen molar-refractivity contribution in [3.8, 4) is 0 Å². The van der Waals surface area contributed by atoms with Crippen LogP contribution in [0.2, 0.25) is 10.0 Å². The van der Waals surface area contributed by atoms with E-state index in [-0.39, 0.29) is 31.3 Å². The highest BCUT2D eigenvalue weighted by molar-refractivity contribution is 6.35. The van der Waals surface area contributed by atoms with Gasteiger partial charge in [-0.3, -0.25) is 14.4 Å². The zero-order valence-electron chi connectivity index (χ0n) is 19.9. The van der Waals surface area contributed by atoms with Crippen molar-refractivity contribution >= 4 is 41.0 Å². The maximum atomic E-state index is 13.3. The van der Waals surface area contributed by atoms with Crippen LogP contribution in [0.4, 0.5) is 0 Å². The number of esters is 1. The molecule has 2 atom stereocenters. The highest BCUT2D eigenvalue weighted by Crippen LogP contribution is 2.28. The fourth-order valence-corrected chi connectivity index (χ4v) is 4.27. The van der Waals surface area contributed by atoms with E-state index in [9.17, 15) is 19.5 Å². The third kappa shape index (κ3) is 8.47. The predicted molar refractivity (Wildman–Crippen MR) is 128 cm³/mol. The van der Waals surface area contributed by atoms with Crippen LogP contribution >= 0.6 is 23.2 Å². The van der Waals surface area contributed by atoms with Gasteiger partial charge in [-0.2, -0.15) is 0 Å². The van der Waals surface area contributed by atoms with E-state index in [1.807, 2.05) is 0 Å². The lowest BCUT2D eigenvalue weighted by Gasteiger charge is -2.37. The van der Waals surface area contributed by atoms with Crippen LogP contribution in [0.1, 0.15) is 59.4 Å². The number of carbonyl (C=O) groups is 3. The van der Waals surface area contributed by atoms with Crippen LogP contribution in [-0.4, -0.2) is 52.1 Å². The standard InChI is InChI=1S/C24H34Cl2N2O5/c1-23(2,3)33-20(29)12-18(24(4,5)32)22(31)28-10-6-7-16(14-28)21(30)27-13-15-8-9-17(25)11-19(15)26/h8-9,11,16,18,32H,6-7,10,12-14H2,1-5H3,(H,27,30)/t16-,18+/m1/s1. The molecule has 7 nitrogen and oxygen atoms in total. The van der Waals surface area contributed by atoms with Gasteiger partial charge in [-0.05, 0) is 65.2 Å². The highest BCUT2D eigenvalue weighted by Gasteiger charge is 2.40. The largest absolute Gasteiger partial charge is 0.460 e. The molecule has 1 aliphatic heterocycles. The van der Waals surface area contributed by atoms with Crippen molar-refractivity contribution in [2.75, 3.05) is 13.1 Å². The molecular formula is C24H34Cl2N2O5. The number of piperidine rings is 1. The molecule has 1 fully saturated rings. The monoisotopic (exact) mass is 500 g/mol. The van der Waals surface area contributed by atoms with Crippen LogP contribution in [0.25, 0.3) is 0 Å². The SMILES string of the molecule is CC(C)(C)OC(=O)C[C@@H](C(=O)N1CCC[C@@H](C(=O)NCc2ccc(Cl)cc2Cl)C1)C(C)(C)O. The number of ether oxygens (including phenoxy) is 1. The Bertz CT molecular complexity index is 877. The number of hydrogen-bond acceptors (Lipinski definition) is 5. The van der Waals surface area contributed by atoms with E-state index in [1.165, 1.54) is 13.8 Å². The number of hydrogen-bond donors (Lipinski definition) is 2. The minimum Gasteiger partial charge on any atom is -0.460 e. The van der Waals surface area contributed by atoms with Crippen LogP contribution in [0.5, 0.6) is 0 Å². The average molecular weight is 501 g/mol. The first-order valence-corrected chi connectivity index (χ1v) is 11.9. The number of amides is 2. The average Bonchev–Trinajstić information content (AvgIpc) is 2.68. The molecule has 0 aliphatic carbocycles. The lowest BCUT2D eigenvalue weighted by Crippen LogP contribution is -2.51. The molecule has 2 N–H and O–H groups in total. The highest BCUT2D eigenvalue weighted by atomic mass is 35.5. The second-order valence-electron chi connectivity index (χ2n) is 10.1. The predicted octanol–water partition coefficient (Wildman–Crippen LogP) is 3.97. The van der Waals surface area contributed by atoms with Gasteiger partial charge in [0.25, 0.3) is 0 Å². The van der Waals surface area contributed by atoms with Gasteiger partial charge < -0.3 is 20.1 Å². The number of aliphatic hydroxyl groups is 1. The summed E-state index contributed by atoms with van der Waals surface area (Å²) in [5.41, 5.74) is -1.36. The van der Waals surface area contributed by atoms with Gasteiger partial charge in [-0.1, -0.05) is 29.3 Å². The van der Waals surface area contributed by atoms with Crippen LogP contribution in [0.15, 0.2) is 18.2 Å². The molecule has 184 valence electrons. The maximum Gasteiger partial charge on any atom is 0.307 e. The summed E-state index contributed by atoms with van der Waals surface area (Å²) in [7, 11) is 0. The molecule has 1 aromatic rings. The molecule has 33 heavy (non-hydrogen) atoms. The van der Waals surface area contributed by atoms with Gasteiger partial charge in [0.15, 0.2) is 0 Å². The van der Waals surface area contributed by atoms with E-state index < -0.39 is 29.0 Å². The van der Waals surface area contributed by atoms with Crippen molar-refractivity contribution in [3.05, 3.63) is 33.8 Å². The topological polar surface area (TPSA) is 95.9 Å². The molecule has 1 aliphatic rings. The Morgan fingerprint density at radius 2 is 1.88 bits per heavy atom. The molecule has 0 aromatic heterocycles. The number of carbonyl (C=O) groups excluding carboxylic acids is 3. The van der Waals surface area contributed by atoms with E-state index in [2.05, 4.69) is 5.32 Å². The van der Waals surface area contributed by atoms with Crippen molar-refractivity contribution in [2.45, 2.75) is 71.6 Å². The van der Waals surface area contributed by atoms with Gasteiger partial charge in [-0.15, -0.1) is 0 Å². The molecule has 0 radical (unpaired) electrons. The number of halogens is 2. The summed E-state index contributed by atoms with van der Waals surface area (Å²) in [6, 6.07) is 5.08. The Kier molecular flexibility index (Phi) is 9.19. The Hall–Kier alpha value is -1.83. The van der Waals surface area contributed by atoms with Gasteiger partial charge >= 0.3 is 5.97 Å². The third-order valence-corrected chi connectivity index (χ3v) is 6.10. The normalized spacial score (nSPS) is 17.9. The summed E-state index contributed by atoms with van der Waals surface area (Å²) in [6.45, 7) is 9.19. The van der Waals surface area contributed by atoms with E-state index in [0.29, 0.717) is 29.4 Å². The molecule has 0 spiro atoms. The summed E-state index contributed by atoms with van der Waals surface area (Å²) in [6.07, 6.45) is 1.06. The molecule has 0 bridgehead atoms. The van der Waals surface area contributed by atoms with Crippen LogP contribution < -0.4 is 5.32 Å². The summed E-state index contributed by atoms with van der Waals surface area (Å²) < 4.78 is 5.35. The Morgan fingerprint density at radius 3 is 2.45 bits per heavy atom. The van der Waals surface area contributed by atoms with E-state index >= 15 is 0 Å². The number of rotatable bonds is 7. The lowest BCUT2D eigenvalue weighted by molar-refractivity contribution is -0.164. The minimum absolute atomic E-state index is 0.175. The fraction of sp³-hybridized carbons (Fsp3) is 0.625. The first kappa shape index (κ1) is 27.4. The van der Waals surface area contributed by atoms with Crippen molar-refractivity contribution in [2.24, 2.45) is 11.8 Å². The molecule has 9 heteroatoms. The molecular weight excluding hydrogens is 467 g/mol. The second-order valence-corrected chi connectivity index (χ2v) is 10.9. The molecule has 0 saturated carbocycles. The van der Waals surface area contributed by atoms with Gasteiger partial charge in [0.1, 0.15) is 5.60 Å². The number of benzene rings is 1. The summed E-state index contributed by atoms with van der Waals surface area (Å²) >= 11 is 12.1. The van der Waals surface area contributed by atoms with Crippen LogP contribution in [-0.2, 0) is 25.7 Å². The van der Waals surface area contributed by atoms with Crippen LogP contribution in [0.3, 0.4) is 0 Å². The third-order valence-electron chi connectivity index (χ3n) is 5.51. The Balaban J connectivity index is 2.02. The first-order chi connectivity index (χ1) is 15.2. The molecule has 1 aromatic carbocycles. The van der Waals surface area contributed by atoms with Crippen LogP contribution in [0, 0.1) is 11.8 Å². The molecule has 1 heterocycles. The lowest BCUT2D eigenvalue weighted by atomic mass is 9.85. The number of likely N-dealkylation sites (tertiary alicyclic amines) is 1. The zero-order chi connectivity index (χ0) is 25.0. The van der Waals surface area contributed by atoms with Gasteiger partial charge in [-0.25, -0.2) is 0 Å². The molecule has 0 unspecified atom stereocenters. The Morgan fingerprint density at radius 1 is 1.21 bits per heavy atom. The van der Waals surface area contributed by atoms with Gasteiger partial charge in [0.05, 0.1) is 23.9 Å². The van der Waals surface area contributed by atoms with Gasteiger partial charge in [0, 0.05) is 29.7 Å². The molecule has 1 saturated heterocycles. The van der Waals surface area contributed by atoms with Gasteiger partial charge in [0.2, 0.25) is 11.8 Å². The Labute approximate surface area is 205 Å². The summed E-state index contributed by atoms with van der Waals surface area (Å²) in [5, 5.41) is 14.5. The first-order valence-electron chi connectivity index (χ1n) is 11.1. The maximum absolute atomic E-state index is 13.3. The van der Waals surface area contributed by atoms with E-state index in [0.717, 1.165) is 5.56 Å². The van der Waals surface area contributed by atoms with E-state index in [1.54, 1.807) is 43.9 Å². The minimum atomic E-state index is -1.42. The smallest absolute Gasteiger partial charge is 0.307 e. The second kappa shape index (κ2) is 11.1. The van der Waals surface area contributed by atoms with Crippen molar-refractivity contribution < 1.29 is 24.2 Å². The molecule has 2 rings (SSSR count). The zero-order valence-corrected chi connectivity index (χ0v) is 21.4. The van der Waals surface area contributed by atoms with Crippen molar-refractivity contribution in [3.63, 3.8) is 0 Å². The fourth-order valence-electron chi connectivity index (χ4n) is 3.79. The summed E-state index contributed by atoms with van der Waals surface area (Å²) in [5.74, 6) is -2.44. The van der Waals surface area contributed by atoms with E-state index in [4.69, 9.17) is 27.9 Å². The number of nitrogens with one attached hydrogen (secondary N) is 1. The van der Waals surface area contributed by atoms with Crippen molar-refractivity contribution in [1.29, 1.82) is 0 Å². The quantitative estimate of drug-likeness (QED) is 0.552. The number of nitrogens with zero attached hydrogens (tertiary/aromatic N) is 1. The molecule has 2 amide bonds. The summed E-state index contributed by atoms with van der Waals surface area (Å²) in [4.78, 5) is 40.0. The van der Waals surface area contributed by atoms with Crippen molar-refractivity contribution in [1.82, 2.24) is 10.2 Å².